The number of benzene rings is 2. The lowest BCUT2D eigenvalue weighted by Crippen LogP contribution is -2.71. The molecule has 1 saturated heterocycles. The molecule has 2 aromatic rings. The monoisotopic (exact) mass is 519 g/mol. The summed E-state index contributed by atoms with van der Waals surface area (Å²) in [6.07, 6.45) is 10.7. The Labute approximate surface area is 229 Å². The zero-order valence-electron chi connectivity index (χ0n) is 23.5. The Bertz CT molecular complexity index is 1090. The number of amides is 1. The molecule has 5 nitrogen and oxygen atoms in total. The lowest BCUT2D eigenvalue weighted by Gasteiger charge is -2.59. The van der Waals surface area contributed by atoms with Crippen LogP contribution in [0.1, 0.15) is 75.3 Å². The van der Waals surface area contributed by atoms with E-state index in [9.17, 15) is 9.90 Å². The molecule has 2 saturated carbocycles. The Morgan fingerprint density at radius 1 is 1.05 bits per heavy atom. The number of aryl methyl sites for hydroxylation is 1. The first kappa shape index (κ1) is 27.2. The molecular weight excluding hydrogens is 472 g/mol. The number of ether oxygens (including phenoxy) is 1. The van der Waals surface area contributed by atoms with Gasteiger partial charge < -0.3 is 19.6 Å². The van der Waals surface area contributed by atoms with E-state index >= 15 is 0 Å². The van der Waals surface area contributed by atoms with Gasteiger partial charge in [-0.1, -0.05) is 48.9 Å². The van der Waals surface area contributed by atoms with Crippen molar-refractivity contribution in [3.8, 4) is 5.75 Å². The summed E-state index contributed by atoms with van der Waals surface area (Å²) in [4.78, 5) is 13.0. The molecule has 1 amide bonds. The first-order valence-electron chi connectivity index (χ1n) is 14.9. The van der Waals surface area contributed by atoms with Gasteiger partial charge in [0, 0.05) is 30.2 Å². The number of nitrogens with zero attached hydrogens (tertiary/aromatic N) is 1. The fourth-order valence-corrected chi connectivity index (χ4v) is 7.49. The minimum Gasteiger partial charge on any atom is -0.497 e. The summed E-state index contributed by atoms with van der Waals surface area (Å²) in [7, 11) is 4.05. The van der Waals surface area contributed by atoms with E-state index in [4.69, 9.17) is 4.74 Å². The summed E-state index contributed by atoms with van der Waals surface area (Å²) in [5, 5.41) is 15.8. The van der Waals surface area contributed by atoms with Crippen LogP contribution in [0.3, 0.4) is 0 Å². The van der Waals surface area contributed by atoms with Crippen molar-refractivity contribution in [1.29, 1.82) is 0 Å². The molecule has 0 spiro atoms. The average molecular weight is 520 g/mol. The van der Waals surface area contributed by atoms with Gasteiger partial charge in [0.2, 0.25) is 5.91 Å². The highest BCUT2D eigenvalue weighted by molar-refractivity contribution is 5.76. The van der Waals surface area contributed by atoms with E-state index in [0.717, 1.165) is 86.2 Å². The van der Waals surface area contributed by atoms with Gasteiger partial charge >= 0.3 is 0 Å². The quantitative estimate of drug-likeness (QED) is 0.309. The van der Waals surface area contributed by atoms with E-state index in [0.29, 0.717) is 6.42 Å². The van der Waals surface area contributed by atoms with Crippen LogP contribution in [-0.2, 0) is 16.6 Å². The number of likely N-dealkylation sites (tertiary alicyclic amines) is 1. The number of hydrogen-bond donors (Lipinski definition) is 2. The molecule has 5 rings (SSSR count). The van der Waals surface area contributed by atoms with E-state index in [-0.39, 0.29) is 17.4 Å². The number of carbonyl (C=O) groups excluding carboxylic acids is 1. The lowest BCUT2D eigenvalue weighted by molar-refractivity contribution is -0.925. The number of aliphatic hydroxyl groups is 1. The summed E-state index contributed by atoms with van der Waals surface area (Å²) in [6.45, 7) is 3.04. The molecule has 206 valence electrons. The molecule has 2 aromatic carbocycles. The fraction of sp³-hybridized carbons (Fsp3) is 0.606. The third-order valence-electron chi connectivity index (χ3n) is 9.71. The van der Waals surface area contributed by atoms with Crippen molar-refractivity contribution < 1.29 is 19.1 Å². The third-order valence-corrected chi connectivity index (χ3v) is 9.71. The molecule has 1 unspecified atom stereocenters. The SMILES string of the molecule is COc1cccc([C@@]23CC[N@+](C)(CC4CC4)CC2(O)CC[C@H](NC(=O)CCCCCc2ccccc2)C3)c1. The number of unbranched alkanes of at least 4 members (excludes halogenated alkanes) is 2. The molecule has 4 atom stereocenters. The number of nitrogens with one attached hydrogen (secondary N) is 1. The van der Waals surface area contributed by atoms with Gasteiger partial charge in [-0.05, 0) is 74.6 Å². The predicted molar refractivity (Wildman–Crippen MR) is 152 cm³/mol. The van der Waals surface area contributed by atoms with E-state index < -0.39 is 5.60 Å². The zero-order chi connectivity index (χ0) is 26.6. The van der Waals surface area contributed by atoms with Gasteiger partial charge in [-0.25, -0.2) is 0 Å². The maximum Gasteiger partial charge on any atom is 0.220 e. The van der Waals surface area contributed by atoms with Gasteiger partial charge in [0.15, 0.2) is 0 Å². The molecule has 5 heteroatoms. The maximum atomic E-state index is 13.0. The van der Waals surface area contributed by atoms with Crippen LogP contribution in [0.2, 0.25) is 0 Å². The van der Waals surface area contributed by atoms with Crippen LogP contribution in [0.15, 0.2) is 54.6 Å². The topological polar surface area (TPSA) is 58.6 Å². The number of likely N-dealkylation sites (N-methyl/N-ethyl adjacent to an activating group) is 1. The molecule has 38 heavy (non-hydrogen) atoms. The van der Waals surface area contributed by atoms with Crippen LogP contribution >= 0.6 is 0 Å². The van der Waals surface area contributed by atoms with Gasteiger partial charge in [0.25, 0.3) is 0 Å². The van der Waals surface area contributed by atoms with E-state index in [1.165, 1.54) is 24.9 Å². The highest BCUT2D eigenvalue weighted by atomic mass is 16.5. The van der Waals surface area contributed by atoms with Crippen molar-refractivity contribution in [1.82, 2.24) is 5.32 Å². The van der Waals surface area contributed by atoms with Crippen molar-refractivity contribution >= 4 is 5.91 Å². The molecule has 3 aliphatic rings. The summed E-state index contributed by atoms with van der Waals surface area (Å²) in [6, 6.07) is 19.0. The van der Waals surface area contributed by atoms with Crippen LogP contribution in [0.4, 0.5) is 0 Å². The van der Waals surface area contributed by atoms with Gasteiger partial charge in [0.1, 0.15) is 17.9 Å². The standard InChI is InChI=1S/C33H46N2O3/c1-35(24-27-16-17-27)21-20-32(28-13-9-14-30(22-28)38-2)23-29(18-19-33(32,37)25-35)34-31(36)15-8-4-7-12-26-10-5-3-6-11-26/h3,5-6,9-11,13-14,22,27,29,37H,4,7-8,12,15-21,23-25H2,1-2H3/p+1/t29-,32-,33?,35+/m0/s1. The number of rotatable bonds is 11. The predicted octanol–water partition coefficient (Wildman–Crippen LogP) is 5.40. The highest BCUT2D eigenvalue weighted by Gasteiger charge is 2.61. The zero-order valence-corrected chi connectivity index (χ0v) is 23.5. The van der Waals surface area contributed by atoms with Crippen molar-refractivity contribution in [3.05, 3.63) is 65.7 Å². The van der Waals surface area contributed by atoms with Crippen LogP contribution in [0.5, 0.6) is 5.75 Å². The Morgan fingerprint density at radius 2 is 1.87 bits per heavy atom. The van der Waals surface area contributed by atoms with E-state index in [1.807, 2.05) is 12.1 Å². The second-order valence-electron chi connectivity index (χ2n) is 12.8. The fourth-order valence-electron chi connectivity index (χ4n) is 7.49. The van der Waals surface area contributed by atoms with E-state index in [2.05, 4.69) is 54.8 Å². The first-order chi connectivity index (χ1) is 18.3. The molecule has 1 heterocycles. The Balaban J connectivity index is 1.23. The molecular formula is C33H47N2O3+. The van der Waals surface area contributed by atoms with Gasteiger partial charge in [-0.2, -0.15) is 0 Å². The van der Waals surface area contributed by atoms with Gasteiger partial charge in [0.05, 0.1) is 27.2 Å². The molecule has 2 aliphatic carbocycles. The summed E-state index contributed by atoms with van der Waals surface area (Å²) in [5.41, 5.74) is 1.39. The van der Waals surface area contributed by atoms with Crippen LogP contribution in [0.25, 0.3) is 0 Å². The van der Waals surface area contributed by atoms with Crippen molar-refractivity contribution in [2.24, 2.45) is 5.92 Å². The number of quaternary nitrogens is 1. The summed E-state index contributed by atoms with van der Waals surface area (Å²) in [5.74, 6) is 1.82. The van der Waals surface area contributed by atoms with Crippen LogP contribution < -0.4 is 10.1 Å². The summed E-state index contributed by atoms with van der Waals surface area (Å²) < 4.78 is 6.55. The molecule has 3 fully saturated rings. The van der Waals surface area contributed by atoms with Crippen molar-refractivity contribution in [3.63, 3.8) is 0 Å². The molecule has 0 radical (unpaired) electrons. The highest BCUT2D eigenvalue weighted by Crippen LogP contribution is 2.53. The smallest absolute Gasteiger partial charge is 0.220 e. The Hall–Kier alpha value is -2.37. The maximum absolute atomic E-state index is 13.0. The lowest BCUT2D eigenvalue weighted by atomic mass is 9.55. The number of methoxy groups -OCH3 is 1. The van der Waals surface area contributed by atoms with Crippen LogP contribution in [0, 0.1) is 5.92 Å². The van der Waals surface area contributed by atoms with E-state index in [1.54, 1.807) is 7.11 Å². The van der Waals surface area contributed by atoms with Crippen molar-refractivity contribution in [2.75, 3.05) is 33.8 Å². The normalized spacial score (nSPS) is 30.9. The number of hydrogen-bond acceptors (Lipinski definition) is 3. The molecule has 2 N–H and O–H groups in total. The second kappa shape index (κ2) is 11.4. The largest absolute Gasteiger partial charge is 0.497 e. The molecule has 0 bridgehead atoms. The van der Waals surface area contributed by atoms with Gasteiger partial charge in [-0.15, -0.1) is 0 Å². The molecule has 1 aliphatic heterocycles. The second-order valence-corrected chi connectivity index (χ2v) is 12.8. The minimum atomic E-state index is -0.778. The summed E-state index contributed by atoms with van der Waals surface area (Å²) >= 11 is 0. The number of carbonyl (C=O) groups is 1. The Kier molecular flexibility index (Phi) is 8.16. The Morgan fingerprint density at radius 3 is 2.63 bits per heavy atom. The van der Waals surface area contributed by atoms with Crippen molar-refractivity contribution in [2.45, 2.75) is 87.7 Å². The molecule has 0 aromatic heterocycles. The first-order valence-corrected chi connectivity index (χ1v) is 14.9. The minimum absolute atomic E-state index is 0.0959. The third kappa shape index (κ3) is 6.10. The average Bonchev–Trinajstić information content (AvgIpc) is 3.73. The van der Waals surface area contributed by atoms with Gasteiger partial charge in [-0.3, -0.25) is 4.79 Å². The number of piperidine rings is 1. The van der Waals surface area contributed by atoms with Crippen LogP contribution in [-0.4, -0.2) is 60.9 Å². The number of fused-ring (bicyclic) bond motifs is 1.